The van der Waals surface area contributed by atoms with Gasteiger partial charge in [-0.25, -0.2) is 9.59 Å². The average Bonchev–Trinajstić information content (AvgIpc) is 2.80. The van der Waals surface area contributed by atoms with Crippen LogP contribution in [0.2, 0.25) is 0 Å². The Bertz CT molecular complexity index is 1020. The molecule has 2 atom stereocenters. The predicted molar refractivity (Wildman–Crippen MR) is 122 cm³/mol. The largest absolute Gasteiger partial charge is 0.504 e. The maximum absolute atomic E-state index is 12.5. The molecule has 0 spiro atoms. The number of phenolic OH excluding ortho intramolecular Hbond substituents is 6. The van der Waals surface area contributed by atoms with Crippen molar-refractivity contribution in [3.05, 3.63) is 35.4 Å². The van der Waals surface area contributed by atoms with Gasteiger partial charge < -0.3 is 44.8 Å². The Morgan fingerprint density at radius 2 is 1.29 bits per heavy atom. The smallest absolute Gasteiger partial charge is 0.338 e. The normalized spacial score (nSPS) is 13.6. The molecule has 2 unspecified atom stereocenters. The van der Waals surface area contributed by atoms with Gasteiger partial charge in [-0.1, -0.05) is 6.92 Å². The molecule has 0 aromatic heterocycles. The highest BCUT2D eigenvalue weighted by atomic mass is 16.6. The first kappa shape index (κ1) is 27.4. The predicted octanol–water partition coefficient (Wildman–Crippen LogP) is 3.29. The van der Waals surface area contributed by atoms with Crippen LogP contribution in [0.25, 0.3) is 0 Å². The lowest BCUT2D eigenvalue weighted by Crippen LogP contribution is -2.33. The minimum absolute atomic E-state index is 0.00370. The van der Waals surface area contributed by atoms with Crippen LogP contribution in [-0.4, -0.2) is 67.5 Å². The molecule has 2 aromatic carbocycles. The van der Waals surface area contributed by atoms with Crippen LogP contribution in [0.1, 0.15) is 60.7 Å². The van der Waals surface area contributed by atoms with Gasteiger partial charge in [0, 0.05) is 12.8 Å². The number of hydrogen-bond acceptors (Lipinski definition) is 11. The van der Waals surface area contributed by atoms with Gasteiger partial charge in [0.15, 0.2) is 34.5 Å². The van der Waals surface area contributed by atoms with Crippen LogP contribution in [0.5, 0.6) is 34.5 Å². The van der Waals surface area contributed by atoms with Crippen LogP contribution < -0.4 is 0 Å². The molecule has 2 aromatic rings. The Hall–Kier alpha value is -3.86. The third-order valence-electron chi connectivity index (χ3n) is 5.49. The van der Waals surface area contributed by atoms with Crippen LogP contribution >= 0.6 is 0 Å². The first-order valence-corrected chi connectivity index (χ1v) is 10.9. The van der Waals surface area contributed by atoms with Crippen LogP contribution in [0, 0.1) is 0 Å². The van der Waals surface area contributed by atoms with E-state index in [1.807, 2.05) is 6.92 Å². The fourth-order valence-corrected chi connectivity index (χ4v) is 2.99. The summed E-state index contributed by atoms with van der Waals surface area (Å²) < 4.78 is 16.4. The van der Waals surface area contributed by atoms with Crippen molar-refractivity contribution < 1.29 is 54.4 Å². The second-order valence-corrected chi connectivity index (χ2v) is 8.28. The minimum atomic E-state index is -0.907. The van der Waals surface area contributed by atoms with E-state index >= 15 is 0 Å². The first-order chi connectivity index (χ1) is 16.4. The SMILES string of the molecule is CCC(C)(CCOC(C)CCOC(=O)c1cc(O)c(O)c(O)c1)OC(=O)c1cc(O)c(O)c(O)c1. The summed E-state index contributed by atoms with van der Waals surface area (Å²) in [5.41, 5.74) is -1.15. The Morgan fingerprint density at radius 1 is 0.829 bits per heavy atom. The van der Waals surface area contributed by atoms with Crippen LogP contribution in [0.4, 0.5) is 0 Å². The highest BCUT2D eigenvalue weighted by Crippen LogP contribution is 2.37. The topological polar surface area (TPSA) is 183 Å². The molecule has 11 heteroatoms. The summed E-state index contributed by atoms with van der Waals surface area (Å²) in [5, 5.41) is 56.9. The zero-order valence-electron chi connectivity index (χ0n) is 19.6. The number of hydrogen-bond donors (Lipinski definition) is 6. The highest BCUT2D eigenvalue weighted by Gasteiger charge is 2.28. The molecule has 0 aliphatic carbocycles. The molecular formula is C24H30O11. The minimum Gasteiger partial charge on any atom is -0.504 e. The summed E-state index contributed by atoms with van der Waals surface area (Å²) in [6, 6.07) is 3.94. The molecular weight excluding hydrogens is 464 g/mol. The fourth-order valence-electron chi connectivity index (χ4n) is 2.99. The lowest BCUT2D eigenvalue weighted by atomic mass is 9.99. The van der Waals surface area contributed by atoms with Crippen molar-refractivity contribution in [3.63, 3.8) is 0 Å². The number of esters is 2. The van der Waals surface area contributed by atoms with E-state index in [1.54, 1.807) is 13.8 Å². The number of benzene rings is 2. The molecule has 6 N–H and O–H groups in total. The van der Waals surface area contributed by atoms with Gasteiger partial charge in [-0.05, 0) is 44.5 Å². The van der Waals surface area contributed by atoms with Gasteiger partial charge >= 0.3 is 11.9 Å². The Morgan fingerprint density at radius 3 is 1.74 bits per heavy atom. The molecule has 192 valence electrons. The standard InChI is InChI=1S/C24H30O11/c1-4-24(3,35-23(32)15-11-18(27)21(30)19(28)12-15)6-8-33-13(2)5-7-34-22(31)14-9-16(25)20(29)17(26)10-14/h9-13,25-30H,4-8H2,1-3H3. The van der Waals surface area contributed by atoms with Gasteiger partial charge in [-0.3, -0.25) is 0 Å². The quantitative estimate of drug-likeness (QED) is 0.199. The number of carbonyl (C=O) groups excluding carboxylic acids is 2. The number of phenols is 6. The van der Waals surface area contributed by atoms with Crippen LogP contribution in [0.3, 0.4) is 0 Å². The lowest BCUT2D eigenvalue weighted by Gasteiger charge is -2.29. The number of carbonyl (C=O) groups is 2. The number of rotatable bonds is 11. The van der Waals surface area contributed by atoms with E-state index in [2.05, 4.69) is 0 Å². The third kappa shape index (κ3) is 7.31. The molecule has 0 aliphatic rings. The molecule has 0 saturated carbocycles. The molecule has 0 aliphatic heterocycles. The molecule has 0 saturated heterocycles. The summed E-state index contributed by atoms with van der Waals surface area (Å²) in [7, 11) is 0. The molecule has 0 fully saturated rings. The van der Waals surface area contributed by atoms with Gasteiger partial charge in [0.1, 0.15) is 5.60 Å². The van der Waals surface area contributed by atoms with E-state index in [0.717, 1.165) is 24.3 Å². The van der Waals surface area contributed by atoms with Crippen molar-refractivity contribution in [2.24, 2.45) is 0 Å². The van der Waals surface area contributed by atoms with Gasteiger partial charge in [0.05, 0.1) is 30.4 Å². The molecule has 0 amide bonds. The molecule has 11 nitrogen and oxygen atoms in total. The zero-order chi connectivity index (χ0) is 26.3. The average molecular weight is 494 g/mol. The van der Waals surface area contributed by atoms with Crippen molar-refractivity contribution >= 4 is 11.9 Å². The van der Waals surface area contributed by atoms with E-state index < -0.39 is 52.0 Å². The van der Waals surface area contributed by atoms with E-state index in [1.165, 1.54) is 0 Å². The summed E-state index contributed by atoms with van der Waals surface area (Å²) in [5.74, 6) is -5.62. The maximum Gasteiger partial charge on any atom is 0.338 e. The molecule has 0 heterocycles. The van der Waals surface area contributed by atoms with Crippen molar-refractivity contribution in [3.8, 4) is 34.5 Å². The monoisotopic (exact) mass is 494 g/mol. The fraction of sp³-hybridized carbons (Fsp3) is 0.417. The van der Waals surface area contributed by atoms with Gasteiger partial charge in [0.2, 0.25) is 0 Å². The van der Waals surface area contributed by atoms with Crippen molar-refractivity contribution in [2.75, 3.05) is 13.2 Å². The van der Waals surface area contributed by atoms with Crippen LogP contribution in [0.15, 0.2) is 24.3 Å². The highest BCUT2D eigenvalue weighted by molar-refractivity contribution is 5.91. The molecule has 0 radical (unpaired) electrons. The maximum atomic E-state index is 12.5. The zero-order valence-corrected chi connectivity index (χ0v) is 19.6. The Kier molecular flexibility index (Phi) is 9.01. The second kappa shape index (κ2) is 11.5. The summed E-state index contributed by atoms with van der Waals surface area (Å²) in [6.45, 7) is 5.52. The number of aromatic hydroxyl groups is 6. The Labute approximate surface area is 201 Å². The van der Waals surface area contributed by atoms with E-state index in [9.17, 15) is 40.2 Å². The summed E-state index contributed by atoms with van der Waals surface area (Å²) >= 11 is 0. The Balaban J connectivity index is 1.80. The third-order valence-corrected chi connectivity index (χ3v) is 5.49. The van der Waals surface area contributed by atoms with E-state index in [0.29, 0.717) is 19.3 Å². The first-order valence-electron chi connectivity index (χ1n) is 10.9. The van der Waals surface area contributed by atoms with Gasteiger partial charge in [0.25, 0.3) is 0 Å². The van der Waals surface area contributed by atoms with Gasteiger partial charge in [-0.2, -0.15) is 0 Å². The summed E-state index contributed by atoms with van der Waals surface area (Å²) in [4.78, 5) is 24.5. The van der Waals surface area contributed by atoms with E-state index in [4.69, 9.17) is 14.2 Å². The second-order valence-electron chi connectivity index (χ2n) is 8.28. The van der Waals surface area contributed by atoms with E-state index in [-0.39, 0.29) is 30.4 Å². The van der Waals surface area contributed by atoms with Crippen molar-refractivity contribution in [2.45, 2.75) is 51.7 Å². The lowest BCUT2D eigenvalue weighted by molar-refractivity contribution is -0.0389. The molecule has 2 rings (SSSR count). The van der Waals surface area contributed by atoms with Crippen molar-refractivity contribution in [1.82, 2.24) is 0 Å². The van der Waals surface area contributed by atoms with Gasteiger partial charge in [-0.15, -0.1) is 0 Å². The summed E-state index contributed by atoms with van der Waals surface area (Å²) in [6.07, 6.45) is 0.821. The van der Waals surface area contributed by atoms with Crippen LogP contribution in [-0.2, 0) is 14.2 Å². The molecule has 35 heavy (non-hydrogen) atoms. The van der Waals surface area contributed by atoms with Crippen molar-refractivity contribution in [1.29, 1.82) is 0 Å². The molecule has 0 bridgehead atoms. The number of ether oxygens (including phenoxy) is 3.